The van der Waals surface area contributed by atoms with Gasteiger partial charge in [-0.25, -0.2) is 17.9 Å². The molecule has 1 heterocycles. The van der Waals surface area contributed by atoms with E-state index in [2.05, 4.69) is 24.7 Å². The van der Waals surface area contributed by atoms with E-state index in [1.807, 2.05) is 13.0 Å². The summed E-state index contributed by atoms with van der Waals surface area (Å²) in [5, 5.41) is 5.73. The summed E-state index contributed by atoms with van der Waals surface area (Å²) in [6.45, 7) is 9.76. The number of anilines is 1. The largest absolute Gasteiger partial charge is 0.467 e. The van der Waals surface area contributed by atoms with Crippen molar-refractivity contribution in [3.05, 3.63) is 59.2 Å². The predicted molar refractivity (Wildman–Crippen MR) is 147 cm³/mol. The summed E-state index contributed by atoms with van der Waals surface area (Å²) >= 11 is 6.10. The molecule has 0 radical (unpaired) electrons. The minimum Gasteiger partial charge on any atom is -0.467 e. The van der Waals surface area contributed by atoms with Gasteiger partial charge in [-0.2, -0.15) is 5.10 Å². The van der Waals surface area contributed by atoms with E-state index in [9.17, 15) is 13.2 Å². The molecule has 0 N–H and O–H groups in total. The summed E-state index contributed by atoms with van der Waals surface area (Å²) in [4.78, 5) is 13.3. The van der Waals surface area contributed by atoms with Gasteiger partial charge < -0.3 is 9.47 Å². The highest BCUT2D eigenvalue weighted by atomic mass is 35.5. The van der Waals surface area contributed by atoms with Gasteiger partial charge in [0.15, 0.2) is 5.54 Å². The molecule has 11 heteroatoms. The molecule has 8 nitrogen and oxygen atoms in total. The Hall–Kier alpha value is -2.40. The number of benzene rings is 2. The summed E-state index contributed by atoms with van der Waals surface area (Å²) in [6, 6.07) is 13.3. The zero-order valence-corrected chi connectivity index (χ0v) is 24.0. The number of hydrogen-bond donors (Lipinski definition) is 1. The second-order valence-electron chi connectivity index (χ2n) is 9.76. The minimum absolute atomic E-state index is 0.182. The zero-order chi connectivity index (χ0) is 26.5. The molecule has 36 heavy (non-hydrogen) atoms. The Morgan fingerprint density at radius 3 is 2.42 bits per heavy atom. The number of nitrogens with zero attached hydrogens (tertiary/aromatic N) is 3. The van der Waals surface area contributed by atoms with Crippen LogP contribution in [0, 0.1) is 0 Å². The molecule has 3 aromatic rings. The molecule has 1 unspecified atom stereocenters. The molecule has 0 fully saturated rings. The Morgan fingerprint density at radius 2 is 1.83 bits per heavy atom. The van der Waals surface area contributed by atoms with E-state index >= 15 is 0 Å². The first-order chi connectivity index (χ1) is 17.0. The molecule has 0 aliphatic carbocycles. The fraction of sp³-hybridized carbons (Fsp3) is 0.440. The van der Waals surface area contributed by atoms with E-state index in [0.717, 1.165) is 6.04 Å². The molecule has 196 valence electrons. The van der Waals surface area contributed by atoms with Crippen LogP contribution in [0.15, 0.2) is 48.7 Å². The van der Waals surface area contributed by atoms with E-state index in [4.69, 9.17) is 21.1 Å². The van der Waals surface area contributed by atoms with Crippen molar-refractivity contribution in [3.63, 3.8) is 0 Å². The Morgan fingerprint density at radius 1 is 1.14 bits per heavy atom. The first kappa shape index (κ1) is 28.2. The van der Waals surface area contributed by atoms with Crippen LogP contribution in [0.4, 0.5) is 5.69 Å². The predicted octanol–water partition coefficient (Wildman–Crippen LogP) is 4.70. The van der Waals surface area contributed by atoms with Gasteiger partial charge in [0.25, 0.3) is 0 Å². The number of rotatable bonds is 12. The lowest BCUT2D eigenvalue weighted by atomic mass is 9.87. The molecule has 2 aromatic carbocycles. The summed E-state index contributed by atoms with van der Waals surface area (Å²) < 4.78 is 38.4. The third-order valence-corrected chi connectivity index (χ3v) is 8.99. The minimum atomic E-state index is -2.92. The SMILES string of the molecule is CCC(C(=O)OC)(c1ccc(Cl)cc1)n1ncc2c(N(CCOCC[Si](C)(C)C)[SH](=O)=O)cccc21. The molecule has 0 bridgehead atoms. The van der Waals surface area contributed by atoms with Crippen LogP contribution in [0.2, 0.25) is 30.7 Å². The van der Waals surface area contributed by atoms with Gasteiger partial charge in [0.1, 0.15) is 0 Å². The van der Waals surface area contributed by atoms with E-state index in [-0.39, 0.29) is 13.2 Å². The smallest absolute Gasteiger partial charge is 0.338 e. The van der Waals surface area contributed by atoms with Crippen molar-refractivity contribution in [2.45, 2.75) is 44.6 Å². The third kappa shape index (κ3) is 5.94. The second-order valence-corrected chi connectivity index (χ2v) is 16.8. The van der Waals surface area contributed by atoms with Crippen molar-refractivity contribution in [1.29, 1.82) is 0 Å². The van der Waals surface area contributed by atoms with Gasteiger partial charge in [-0.05, 0) is 42.3 Å². The fourth-order valence-electron chi connectivity index (χ4n) is 4.21. The fourth-order valence-corrected chi connectivity index (χ4v) is 5.68. The summed E-state index contributed by atoms with van der Waals surface area (Å²) in [5.41, 5.74) is 0.495. The number of ether oxygens (including phenoxy) is 2. The molecule has 0 amide bonds. The maximum absolute atomic E-state index is 13.3. The molecule has 0 aliphatic rings. The number of fused-ring (bicyclic) bond motifs is 1. The number of thiol groups is 1. The number of carbonyl (C=O) groups excluding carboxylic acids is 1. The van der Waals surface area contributed by atoms with Crippen LogP contribution in [0.5, 0.6) is 0 Å². The lowest BCUT2D eigenvalue weighted by molar-refractivity contribution is -0.149. The summed E-state index contributed by atoms with van der Waals surface area (Å²) in [5.74, 6) is -0.481. The van der Waals surface area contributed by atoms with Crippen molar-refractivity contribution in [1.82, 2.24) is 9.78 Å². The lowest BCUT2D eigenvalue weighted by Crippen LogP contribution is -2.44. The molecule has 3 rings (SSSR count). The zero-order valence-electron chi connectivity index (χ0n) is 21.4. The molecule has 0 saturated carbocycles. The van der Waals surface area contributed by atoms with Crippen LogP contribution < -0.4 is 4.31 Å². The molecular formula is C25H34ClN3O5SSi. The highest BCUT2D eigenvalue weighted by molar-refractivity contribution is 7.74. The standard InChI is InChI=1S/C25H34ClN3O5SSi/c1-6-25(24(30)33-2,19-10-12-20(26)13-11-19)29-23-9-7-8-22(21(23)18-27-29)28(35(31)32)14-15-34-16-17-36(3,4)5/h7-13,18,35H,6,14-17H2,1-5H3. The Labute approximate surface area is 220 Å². The first-order valence-corrected chi connectivity index (χ1v) is 17.1. The first-order valence-electron chi connectivity index (χ1n) is 11.9. The number of esters is 1. The van der Waals surface area contributed by atoms with Crippen LogP contribution in [-0.4, -0.2) is 59.1 Å². The Kier molecular flexibility index (Phi) is 9.21. The Bertz CT molecular complexity index is 1260. The third-order valence-electron chi connectivity index (χ3n) is 6.23. The highest BCUT2D eigenvalue weighted by Gasteiger charge is 2.44. The number of aromatic nitrogens is 2. The number of methoxy groups -OCH3 is 1. The molecule has 1 aromatic heterocycles. The number of halogens is 1. The molecule has 1 atom stereocenters. The maximum atomic E-state index is 13.3. The van der Waals surface area contributed by atoms with Gasteiger partial charge >= 0.3 is 5.97 Å². The molecular weight excluding hydrogens is 518 g/mol. The van der Waals surface area contributed by atoms with Crippen LogP contribution >= 0.6 is 11.6 Å². The summed E-state index contributed by atoms with van der Waals surface area (Å²) in [7, 11) is -2.82. The molecule has 0 spiro atoms. The van der Waals surface area contributed by atoms with Gasteiger partial charge in [0.05, 0.1) is 37.7 Å². The average Bonchev–Trinajstić information content (AvgIpc) is 3.27. The maximum Gasteiger partial charge on any atom is 0.338 e. The highest BCUT2D eigenvalue weighted by Crippen LogP contribution is 2.37. The molecule has 0 saturated heterocycles. The monoisotopic (exact) mass is 551 g/mol. The lowest BCUT2D eigenvalue weighted by Gasteiger charge is -2.31. The van der Waals surface area contributed by atoms with Crippen molar-refractivity contribution >= 4 is 53.1 Å². The Balaban J connectivity index is 2.03. The van der Waals surface area contributed by atoms with Gasteiger partial charge in [-0.1, -0.05) is 56.4 Å². The van der Waals surface area contributed by atoms with Gasteiger partial charge in [0, 0.05) is 25.1 Å². The van der Waals surface area contributed by atoms with Gasteiger partial charge in [-0.3, -0.25) is 4.31 Å². The number of hydrogen-bond acceptors (Lipinski definition) is 6. The van der Waals surface area contributed by atoms with Gasteiger partial charge in [-0.15, -0.1) is 0 Å². The molecule has 0 aliphatic heterocycles. The van der Waals surface area contributed by atoms with Crippen LogP contribution in [-0.2, 0) is 30.7 Å². The van der Waals surface area contributed by atoms with Crippen molar-refractivity contribution in [2.75, 3.05) is 31.2 Å². The second kappa shape index (κ2) is 11.8. The van der Waals surface area contributed by atoms with Crippen LogP contribution in [0.3, 0.4) is 0 Å². The van der Waals surface area contributed by atoms with E-state index in [1.165, 1.54) is 11.4 Å². The quantitative estimate of drug-likeness (QED) is 0.152. The van der Waals surface area contributed by atoms with Gasteiger partial charge in [0.2, 0.25) is 10.9 Å². The van der Waals surface area contributed by atoms with E-state index < -0.39 is 30.5 Å². The van der Waals surface area contributed by atoms with Crippen molar-refractivity contribution in [2.24, 2.45) is 0 Å². The van der Waals surface area contributed by atoms with Crippen LogP contribution in [0.25, 0.3) is 10.9 Å². The normalized spacial score (nSPS) is 13.6. The van der Waals surface area contributed by atoms with Crippen molar-refractivity contribution < 1.29 is 22.7 Å². The van der Waals surface area contributed by atoms with E-state index in [0.29, 0.717) is 40.2 Å². The average molecular weight is 552 g/mol. The van der Waals surface area contributed by atoms with Crippen molar-refractivity contribution in [3.8, 4) is 0 Å². The number of carbonyl (C=O) groups is 1. The summed E-state index contributed by atoms with van der Waals surface area (Å²) in [6.07, 6.45) is 1.94. The topological polar surface area (TPSA) is 90.7 Å². The van der Waals surface area contributed by atoms with Crippen LogP contribution in [0.1, 0.15) is 18.9 Å². The van der Waals surface area contributed by atoms with E-state index in [1.54, 1.807) is 47.3 Å².